The van der Waals surface area contributed by atoms with Crippen LogP contribution in [0, 0.1) is 0 Å². The second-order valence-corrected chi connectivity index (χ2v) is 6.01. The molecule has 29 heavy (non-hydrogen) atoms. The van der Waals surface area contributed by atoms with E-state index in [1.165, 1.54) is 7.11 Å². The molecule has 0 spiro atoms. The lowest BCUT2D eigenvalue weighted by Crippen LogP contribution is -2.14. The number of carbonyl (C=O) groups is 1. The van der Waals surface area contributed by atoms with E-state index in [1.807, 2.05) is 31.2 Å². The molecule has 0 aliphatic carbocycles. The molecule has 0 bridgehead atoms. The Bertz CT molecular complexity index is 974. The summed E-state index contributed by atoms with van der Waals surface area (Å²) in [6.07, 6.45) is 1.60. The van der Waals surface area contributed by atoms with Gasteiger partial charge in [0.25, 0.3) is 5.91 Å². The minimum Gasteiger partial charge on any atom is -0.497 e. The average molecular weight is 393 g/mol. The molecule has 0 saturated heterocycles. The molecule has 0 atom stereocenters. The third-order valence-corrected chi connectivity index (χ3v) is 4.12. The first-order valence-corrected chi connectivity index (χ1v) is 9.13. The van der Waals surface area contributed by atoms with Gasteiger partial charge < -0.3 is 24.8 Å². The maximum absolute atomic E-state index is 12.5. The molecule has 7 heteroatoms. The van der Waals surface area contributed by atoms with Gasteiger partial charge in [-0.3, -0.25) is 4.79 Å². The predicted octanol–water partition coefficient (Wildman–Crippen LogP) is 4.49. The van der Waals surface area contributed by atoms with Crippen LogP contribution in [0.5, 0.6) is 17.2 Å². The van der Waals surface area contributed by atoms with E-state index in [4.69, 9.17) is 14.2 Å². The first-order valence-electron chi connectivity index (χ1n) is 9.13. The van der Waals surface area contributed by atoms with E-state index in [1.54, 1.807) is 43.6 Å². The molecular weight excluding hydrogens is 370 g/mol. The molecule has 2 aromatic carbocycles. The van der Waals surface area contributed by atoms with Crippen molar-refractivity contribution in [1.29, 1.82) is 0 Å². The van der Waals surface area contributed by atoms with Crippen LogP contribution in [0.1, 0.15) is 17.4 Å². The number of nitrogens with one attached hydrogen (secondary N) is 2. The summed E-state index contributed by atoms with van der Waals surface area (Å²) >= 11 is 0. The fourth-order valence-electron chi connectivity index (χ4n) is 2.70. The van der Waals surface area contributed by atoms with Crippen LogP contribution in [0.15, 0.2) is 60.8 Å². The summed E-state index contributed by atoms with van der Waals surface area (Å²) in [6.45, 7) is 2.51. The van der Waals surface area contributed by atoms with E-state index < -0.39 is 0 Å². The molecule has 0 radical (unpaired) electrons. The van der Waals surface area contributed by atoms with Crippen LogP contribution >= 0.6 is 0 Å². The van der Waals surface area contributed by atoms with Gasteiger partial charge in [0.1, 0.15) is 22.9 Å². The van der Waals surface area contributed by atoms with Crippen molar-refractivity contribution in [3.8, 4) is 17.2 Å². The van der Waals surface area contributed by atoms with E-state index in [0.717, 1.165) is 17.1 Å². The normalized spacial score (nSPS) is 10.2. The number of methoxy groups -OCH3 is 2. The lowest BCUT2D eigenvalue weighted by atomic mass is 10.2. The van der Waals surface area contributed by atoms with Crippen LogP contribution in [0.2, 0.25) is 0 Å². The van der Waals surface area contributed by atoms with Crippen molar-refractivity contribution in [3.05, 3.63) is 66.5 Å². The predicted molar refractivity (Wildman–Crippen MR) is 113 cm³/mol. The molecule has 3 rings (SSSR count). The molecule has 1 heterocycles. The van der Waals surface area contributed by atoms with Gasteiger partial charge in [0, 0.05) is 6.07 Å². The second-order valence-electron chi connectivity index (χ2n) is 6.01. The van der Waals surface area contributed by atoms with Crippen LogP contribution in [0.25, 0.3) is 0 Å². The van der Waals surface area contributed by atoms with Crippen molar-refractivity contribution >= 4 is 23.0 Å². The summed E-state index contributed by atoms with van der Waals surface area (Å²) < 4.78 is 16.1. The number of carbonyl (C=O) groups excluding carboxylic acids is 1. The SMILES string of the molecule is CCOc1ccccc1Nc1ccc(C(=O)Nc2ccc(OC)cc2OC)nc1. The molecule has 7 nitrogen and oxygen atoms in total. The van der Waals surface area contributed by atoms with Crippen LogP contribution in [-0.2, 0) is 0 Å². The van der Waals surface area contributed by atoms with Gasteiger partial charge >= 0.3 is 0 Å². The minimum atomic E-state index is -0.338. The Balaban J connectivity index is 1.71. The van der Waals surface area contributed by atoms with Crippen molar-refractivity contribution in [2.75, 3.05) is 31.5 Å². The van der Waals surface area contributed by atoms with E-state index in [-0.39, 0.29) is 11.6 Å². The molecule has 0 unspecified atom stereocenters. The van der Waals surface area contributed by atoms with Gasteiger partial charge in [-0.25, -0.2) is 4.98 Å². The number of ether oxygens (including phenoxy) is 3. The Morgan fingerprint density at radius 2 is 1.79 bits per heavy atom. The Kier molecular flexibility index (Phi) is 6.52. The topological polar surface area (TPSA) is 81.7 Å². The van der Waals surface area contributed by atoms with Crippen LogP contribution in [0.3, 0.4) is 0 Å². The molecule has 1 amide bonds. The fraction of sp³-hybridized carbons (Fsp3) is 0.182. The molecule has 0 aliphatic rings. The number of pyridine rings is 1. The highest BCUT2D eigenvalue weighted by Gasteiger charge is 2.12. The molecule has 3 aromatic rings. The van der Waals surface area contributed by atoms with Crippen molar-refractivity contribution < 1.29 is 19.0 Å². The molecule has 0 aliphatic heterocycles. The van der Waals surface area contributed by atoms with Gasteiger partial charge in [0.15, 0.2) is 0 Å². The first kappa shape index (κ1) is 20.0. The number of amides is 1. The number of rotatable bonds is 8. The standard InChI is InChI=1S/C22H23N3O4/c1-4-29-20-8-6-5-7-17(20)24-15-9-11-19(23-14-15)22(26)25-18-12-10-16(27-2)13-21(18)28-3/h5-14,24H,4H2,1-3H3,(H,25,26). The number of hydrogen-bond acceptors (Lipinski definition) is 6. The molecule has 0 saturated carbocycles. The Hall–Kier alpha value is -3.74. The van der Waals surface area contributed by atoms with E-state index in [0.29, 0.717) is 23.8 Å². The summed E-state index contributed by atoms with van der Waals surface area (Å²) in [7, 11) is 3.10. The fourth-order valence-corrected chi connectivity index (χ4v) is 2.70. The van der Waals surface area contributed by atoms with Crippen molar-refractivity contribution in [2.24, 2.45) is 0 Å². The third kappa shape index (κ3) is 4.95. The van der Waals surface area contributed by atoms with Gasteiger partial charge in [-0.2, -0.15) is 0 Å². The van der Waals surface area contributed by atoms with Gasteiger partial charge in [0.05, 0.1) is 44.1 Å². The van der Waals surface area contributed by atoms with Gasteiger partial charge in [0.2, 0.25) is 0 Å². The summed E-state index contributed by atoms with van der Waals surface area (Å²) in [6, 6.07) is 16.2. The Labute approximate surface area is 169 Å². The molecule has 150 valence electrons. The van der Waals surface area contributed by atoms with Crippen molar-refractivity contribution in [3.63, 3.8) is 0 Å². The average Bonchev–Trinajstić information content (AvgIpc) is 2.76. The van der Waals surface area contributed by atoms with Crippen molar-refractivity contribution in [2.45, 2.75) is 6.92 Å². The van der Waals surface area contributed by atoms with Gasteiger partial charge in [-0.05, 0) is 43.3 Å². The van der Waals surface area contributed by atoms with Crippen LogP contribution in [-0.4, -0.2) is 31.7 Å². The highest BCUT2D eigenvalue weighted by atomic mass is 16.5. The summed E-state index contributed by atoms with van der Waals surface area (Å²) in [5.74, 6) is 1.56. The third-order valence-electron chi connectivity index (χ3n) is 4.12. The Morgan fingerprint density at radius 1 is 0.966 bits per heavy atom. The monoisotopic (exact) mass is 393 g/mol. The number of nitrogens with zero attached hydrogens (tertiary/aromatic N) is 1. The quantitative estimate of drug-likeness (QED) is 0.587. The Morgan fingerprint density at radius 3 is 2.48 bits per heavy atom. The lowest BCUT2D eigenvalue weighted by Gasteiger charge is -2.13. The molecular formula is C22H23N3O4. The second kappa shape index (κ2) is 9.45. The summed E-state index contributed by atoms with van der Waals surface area (Å²) in [5.41, 5.74) is 2.39. The van der Waals surface area contributed by atoms with E-state index in [9.17, 15) is 4.79 Å². The number of benzene rings is 2. The number of para-hydroxylation sites is 2. The van der Waals surface area contributed by atoms with Gasteiger partial charge in [-0.1, -0.05) is 12.1 Å². The maximum Gasteiger partial charge on any atom is 0.274 e. The number of hydrogen-bond donors (Lipinski definition) is 2. The summed E-state index contributed by atoms with van der Waals surface area (Å²) in [5, 5.41) is 6.05. The smallest absolute Gasteiger partial charge is 0.274 e. The van der Waals surface area contributed by atoms with Crippen molar-refractivity contribution in [1.82, 2.24) is 4.98 Å². The van der Waals surface area contributed by atoms with Gasteiger partial charge in [-0.15, -0.1) is 0 Å². The van der Waals surface area contributed by atoms with Crippen LogP contribution in [0.4, 0.5) is 17.1 Å². The zero-order chi connectivity index (χ0) is 20.6. The lowest BCUT2D eigenvalue weighted by molar-refractivity contribution is 0.102. The molecule has 0 fully saturated rings. The highest BCUT2D eigenvalue weighted by molar-refractivity contribution is 6.03. The number of aromatic nitrogens is 1. The van der Waals surface area contributed by atoms with Crippen LogP contribution < -0.4 is 24.8 Å². The van der Waals surface area contributed by atoms with E-state index >= 15 is 0 Å². The first-order chi connectivity index (χ1) is 14.1. The summed E-state index contributed by atoms with van der Waals surface area (Å²) in [4.78, 5) is 16.8. The largest absolute Gasteiger partial charge is 0.497 e. The maximum atomic E-state index is 12.5. The van der Waals surface area contributed by atoms with E-state index in [2.05, 4.69) is 15.6 Å². The highest BCUT2D eigenvalue weighted by Crippen LogP contribution is 2.30. The zero-order valence-electron chi connectivity index (χ0n) is 16.6. The minimum absolute atomic E-state index is 0.284. The molecule has 2 N–H and O–H groups in total. The number of anilines is 3. The molecule has 1 aromatic heterocycles. The zero-order valence-corrected chi connectivity index (χ0v) is 16.6.